The third-order valence-corrected chi connectivity index (χ3v) is 2.91. The molecule has 0 aliphatic heterocycles. The number of methoxy groups -OCH3 is 1. The summed E-state index contributed by atoms with van der Waals surface area (Å²) in [6, 6.07) is 5.38. The highest BCUT2D eigenvalue weighted by Gasteiger charge is 2.18. The number of carbonyl (C=O) groups is 1. The van der Waals surface area contributed by atoms with Gasteiger partial charge in [0.1, 0.15) is 11.3 Å². The van der Waals surface area contributed by atoms with Crippen molar-refractivity contribution < 1.29 is 19.1 Å². The smallest absolute Gasteiger partial charge is 0.287 e. The summed E-state index contributed by atoms with van der Waals surface area (Å²) in [7, 11) is 1.59. The third kappa shape index (κ3) is 2.71. The molecular weight excluding hydrogens is 246 g/mol. The topological polar surface area (TPSA) is 71.7 Å². The number of nitrogens with one attached hydrogen (secondary N) is 1. The molecule has 1 unspecified atom stereocenters. The minimum Gasteiger partial charge on any atom is -0.497 e. The van der Waals surface area contributed by atoms with Gasteiger partial charge in [0.25, 0.3) is 5.91 Å². The van der Waals surface area contributed by atoms with Crippen LogP contribution in [0.2, 0.25) is 0 Å². The zero-order valence-corrected chi connectivity index (χ0v) is 11.2. The zero-order valence-electron chi connectivity index (χ0n) is 11.2. The van der Waals surface area contributed by atoms with Crippen molar-refractivity contribution in [2.75, 3.05) is 13.7 Å². The van der Waals surface area contributed by atoms with Gasteiger partial charge in [0.2, 0.25) is 0 Å². The van der Waals surface area contributed by atoms with E-state index in [1.165, 1.54) is 0 Å². The third-order valence-electron chi connectivity index (χ3n) is 2.91. The Morgan fingerprint density at radius 3 is 2.89 bits per heavy atom. The number of carbonyl (C=O) groups excluding carboxylic acids is 1. The number of aliphatic hydroxyl groups is 1. The maximum absolute atomic E-state index is 11.9. The number of aliphatic hydroxyl groups excluding tert-OH is 1. The van der Waals surface area contributed by atoms with E-state index >= 15 is 0 Å². The Balaban J connectivity index is 2.34. The fourth-order valence-corrected chi connectivity index (χ4v) is 1.86. The maximum atomic E-state index is 11.9. The van der Waals surface area contributed by atoms with Gasteiger partial charge in [-0.25, -0.2) is 0 Å². The first kappa shape index (κ1) is 13.4. The highest BCUT2D eigenvalue weighted by atomic mass is 16.5. The van der Waals surface area contributed by atoms with Crippen molar-refractivity contribution in [3.63, 3.8) is 0 Å². The molecule has 1 amide bonds. The van der Waals surface area contributed by atoms with Crippen LogP contribution in [0.15, 0.2) is 22.6 Å². The average molecular weight is 263 g/mol. The van der Waals surface area contributed by atoms with Crippen LogP contribution in [-0.4, -0.2) is 30.8 Å². The number of ether oxygens (including phenoxy) is 1. The van der Waals surface area contributed by atoms with Crippen LogP contribution in [0, 0.1) is 6.92 Å². The van der Waals surface area contributed by atoms with Gasteiger partial charge in [0.15, 0.2) is 5.76 Å². The molecule has 0 saturated carbocycles. The minimum atomic E-state index is -0.589. The Labute approximate surface area is 111 Å². The Morgan fingerprint density at radius 2 is 2.26 bits per heavy atom. The molecule has 1 aromatic carbocycles. The molecule has 0 spiro atoms. The average Bonchev–Trinajstić information content (AvgIpc) is 2.73. The number of hydrogen-bond acceptors (Lipinski definition) is 4. The van der Waals surface area contributed by atoms with Gasteiger partial charge in [-0.3, -0.25) is 4.79 Å². The second-order valence-electron chi connectivity index (χ2n) is 4.48. The monoisotopic (exact) mass is 263 g/mol. The molecule has 2 aromatic rings. The number of benzene rings is 1. The molecule has 2 rings (SSSR count). The summed E-state index contributed by atoms with van der Waals surface area (Å²) in [5.41, 5.74) is 1.40. The van der Waals surface area contributed by atoms with Crippen LogP contribution in [-0.2, 0) is 0 Å². The van der Waals surface area contributed by atoms with E-state index in [9.17, 15) is 4.79 Å². The molecule has 2 N–H and O–H groups in total. The summed E-state index contributed by atoms with van der Waals surface area (Å²) in [6.07, 6.45) is -0.589. The molecule has 0 fully saturated rings. The quantitative estimate of drug-likeness (QED) is 0.883. The molecule has 0 radical (unpaired) electrons. The van der Waals surface area contributed by atoms with Gasteiger partial charge in [0.05, 0.1) is 13.2 Å². The van der Waals surface area contributed by atoms with Crippen LogP contribution >= 0.6 is 0 Å². The Morgan fingerprint density at radius 1 is 1.53 bits per heavy atom. The highest BCUT2D eigenvalue weighted by Crippen LogP contribution is 2.28. The highest BCUT2D eigenvalue weighted by molar-refractivity contribution is 5.99. The molecule has 0 aliphatic rings. The second kappa shape index (κ2) is 5.32. The molecule has 19 heavy (non-hydrogen) atoms. The molecule has 102 valence electrons. The molecule has 5 heteroatoms. The van der Waals surface area contributed by atoms with Crippen LogP contribution in [0.4, 0.5) is 0 Å². The van der Waals surface area contributed by atoms with Crippen LogP contribution in [0.1, 0.15) is 23.0 Å². The lowest BCUT2D eigenvalue weighted by molar-refractivity contribution is 0.0898. The first-order valence-corrected chi connectivity index (χ1v) is 6.06. The van der Waals surface area contributed by atoms with E-state index in [2.05, 4.69) is 5.32 Å². The van der Waals surface area contributed by atoms with Crippen molar-refractivity contribution in [3.8, 4) is 5.75 Å². The van der Waals surface area contributed by atoms with Gasteiger partial charge in [-0.05, 0) is 32.0 Å². The van der Waals surface area contributed by atoms with Gasteiger partial charge < -0.3 is 19.6 Å². The Kier molecular flexibility index (Phi) is 3.76. The SMILES string of the molecule is COc1ccc2oc(C(=O)NCC(C)O)c(C)c2c1. The lowest BCUT2D eigenvalue weighted by Gasteiger charge is -2.05. The maximum Gasteiger partial charge on any atom is 0.287 e. The molecule has 0 bridgehead atoms. The van der Waals surface area contributed by atoms with Crippen LogP contribution in [0.5, 0.6) is 5.75 Å². The van der Waals surface area contributed by atoms with Crippen molar-refractivity contribution in [3.05, 3.63) is 29.5 Å². The van der Waals surface area contributed by atoms with Crippen molar-refractivity contribution in [1.82, 2.24) is 5.32 Å². The fourth-order valence-electron chi connectivity index (χ4n) is 1.86. The fraction of sp³-hybridized carbons (Fsp3) is 0.357. The van der Waals surface area contributed by atoms with Crippen LogP contribution < -0.4 is 10.1 Å². The van der Waals surface area contributed by atoms with Gasteiger partial charge in [-0.1, -0.05) is 0 Å². The lowest BCUT2D eigenvalue weighted by atomic mass is 10.1. The van der Waals surface area contributed by atoms with Gasteiger partial charge in [0, 0.05) is 17.5 Å². The Bertz CT molecular complexity index is 601. The number of furan rings is 1. The van der Waals surface area contributed by atoms with E-state index in [0.29, 0.717) is 11.3 Å². The zero-order chi connectivity index (χ0) is 14.0. The van der Waals surface area contributed by atoms with E-state index in [1.807, 2.05) is 13.0 Å². The molecule has 1 atom stereocenters. The summed E-state index contributed by atoms with van der Waals surface area (Å²) >= 11 is 0. The van der Waals surface area contributed by atoms with Crippen molar-refractivity contribution >= 4 is 16.9 Å². The molecule has 5 nitrogen and oxygen atoms in total. The van der Waals surface area contributed by atoms with Gasteiger partial charge >= 0.3 is 0 Å². The number of rotatable bonds is 4. The minimum absolute atomic E-state index is 0.193. The number of amides is 1. The van der Waals surface area contributed by atoms with E-state index in [-0.39, 0.29) is 18.2 Å². The van der Waals surface area contributed by atoms with E-state index in [4.69, 9.17) is 14.3 Å². The van der Waals surface area contributed by atoms with Gasteiger partial charge in [-0.15, -0.1) is 0 Å². The van der Waals surface area contributed by atoms with Crippen LogP contribution in [0.25, 0.3) is 11.0 Å². The summed E-state index contributed by atoms with van der Waals surface area (Å²) < 4.78 is 10.7. The largest absolute Gasteiger partial charge is 0.497 e. The van der Waals surface area contributed by atoms with Crippen LogP contribution in [0.3, 0.4) is 0 Å². The van der Waals surface area contributed by atoms with Crippen molar-refractivity contribution in [1.29, 1.82) is 0 Å². The summed E-state index contributed by atoms with van der Waals surface area (Å²) in [4.78, 5) is 11.9. The first-order valence-electron chi connectivity index (χ1n) is 6.06. The van der Waals surface area contributed by atoms with Gasteiger partial charge in [-0.2, -0.15) is 0 Å². The van der Waals surface area contributed by atoms with Crippen molar-refractivity contribution in [2.24, 2.45) is 0 Å². The summed E-state index contributed by atoms with van der Waals surface area (Å²) in [6.45, 7) is 3.62. The standard InChI is InChI=1S/C14H17NO4/c1-8(16)7-15-14(17)13-9(2)11-6-10(18-3)4-5-12(11)19-13/h4-6,8,16H,7H2,1-3H3,(H,15,17). The number of fused-ring (bicyclic) bond motifs is 1. The normalized spacial score (nSPS) is 12.4. The predicted octanol–water partition coefficient (Wildman–Crippen LogP) is 1.86. The van der Waals surface area contributed by atoms with E-state index in [0.717, 1.165) is 10.9 Å². The molecule has 1 aromatic heterocycles. The summed E-state index contributed by atoms with van der Waals surface area (Å²) in [5.74, 6) is 0.657. The molecule has 0 aliphatic carbocycles. The molecule has 0 saturated heterocycles. The summed E-state index contributed by atoms with van der Waals surface area (Å²) in [5, 5.41) is 12.6. The molecule has 1 heterocycles. The Hall–Kier alpha value is -2.01. The number of aryl methyl sites for hydroxylation is 1. The van der Waals surface area contributed by atoms with E-state index in [1.54, 1.807) is 26.2 Å². The predicted molar refractivity (Wildman–Crippen MR) is 71.5 cm³/mol. The lowest BCUT2D eigenvalue weighted by Crippen LogP contribution is -2.30. The first-order chi connectivity index (χ1) is 9.02. The molecular formula is C14H17NO4. The van der Waals surface area contributed by atoms with E-state index < -0.39 is 6.10 Å². The van der Waals surface area contributed by atoms with Crippen molar-refractivity contribution in [2.45, 2.75) is 20.0 Å². The number of hydrogen-bond donors (Lipinski definition) is 2. The second-order valence-corrected chi connectivity index (χ2v) is 4.48.